The summed E-state index contributed by atoms with van der Waals surface area (Å²) in [7, 11) is -4.48. The van der Waals surface area contributed by atoms with Gasteiger partial charge in [0.1, 0.15) is 10.1 Å². The van der Waals surface area contributed by atoms with E-state index in [1.54, 1.807) is 24.3 Å². The van der Waals surface area contributed by atoms with Crippen molar-refractivity contribution >= 4 is 38.6 Å². The number of anilines is 1. The molecule has 0 saturated heterocycles. The largest absolute Gasteiger partial charge is 1.00 e. The predicted octanol–water partition coefficient (Wildman–Crippen LogP) is 3.17. The van der Waals surface area contributed by atoms with Crippen molar-refractivity contribution in [3.63, 3.8) is 0 Å². The van der Waals surface area contributed by atoms with E-state index in [2.05, 4.69) is 31.4 Å². The number of nitriles is 1. The van der Waals surface area contributed by atoms with Crippen LogP contribution in [0.3, 0.4) is 0 Å². The number of hydrogen-bond donors (Lipinski definition) is 0. The van der Waals surface area contributed by atoms with Crippen LogP contribution in [0.15, 0.2) is 98.1 Å². The molecule has 0 fully saturated rings. The Labute approximate surface area is 220 Å². The average molecular weight is 485 g/mol. The Morgan fingerprint density at radius 2 is 1.18 bits per heavy atom. The number of hydrogen-bond acceptors (Lipinski definition) is 9. The zero-order valence-electron chi connectivity index (χ0n) is 18.9. The van der Waals surface area contributed by atoms with Crippen LogP contribution >= 0.6 is 0 Å². The summed E-state index contributed by atoms with van der Waals surface area (Å²) in [6.07, 6.45) is 0.475. The Morgan fingerprint density at radius 3 is 1.53 bits per heavy atom. The molecule has 0 heterocycles. The second-order valence-corrected chi connectivity index (χ2v) is 8.25. The zero-order chi connectivity index (χ0) is 23.7. The van der Waals surface area contributed by atoms with Crippen molar-refractivity contribution < 1.29 is 42.5 Å². The Bertz CT molecular complexity index is 1270. The van der Waals surface area contributed by atoms with E-state index in [1.165, 1.54) is 24.3 Å². The monoisotopic (exact) mass is 484 g/mol. The maximum absolute atomic E-state index is 11.0. The maximum Gasteiger partial charge on any atom is 1.00 e. The van der Waals surface area contributed by atoms with E-state index in [9.17, 15) is 13.0 Å². The SMILES string of the molecule is CCN(CCC#N)c1ccc(N=Nc2ccc(N=Nc3ccc(S(=O)(=O)[O-])cc3)cc2)cc1.[Na+]. The van der Waals surface area contributed by atoms with Gasteiger partial charge in [-0.05, 0) is 79.7 Å². The molecule has 0 saturated carbocycles. The first-order chi connectivity index (χ1) is 15.9. The third-order valence-electron chi connectivity index (χ3n) is 4.63. The molecule has 0 aromatic heterocycles. The van der Waals surface area contributed by atoms with E-state index in [4.69, 9.17) is 5.26 Å². The molecule has 0 unspecified atom stereocenters. The average Bonchev–Trinajstić information content (AvgIpc) is 2.83. The zero-order valence-corrected chi connectivity index (χ0v) is 21.7. The molecule has 0 N–H and O–H groups in total. The van der Waals surface area contributed by atoms with Crippen molar-refractivity contribution in [1.82, 2.24) is 0 Å². The fourth-order valence-corrected chi connectivity index (χ4v) is 3.35. The molecular weight excluding hydrogens is 463 g/mol. The second-order valence-electron chi connectivity index (χ2n) is 6.87. The Kier molecular flexibility index (Phi) is 10.5. The summed E-state index contributed by atoms with van der Waals surface area (Å²) in [5.41, 5.74) is 3.39. The van der Waals surface area contributed by atoms with Crippen molar-refractivity contribution in [1.29, 1.82) is 5.26 Å². The van der Waals surface area contributed by atoms with Crippen LogP contribution < -0.4 is 34.5 Å². The summed E-state index contributed by atoms with van der Waals surface area (Å²) < 4.78 is 32.9. The van der Waals surface area contributed by atoms with E-state index >= 15 is 0 Å². The molecule has 0 bridgehead atoms. The van der Waals surface area contributed by atoms with Crippen molar-refractivity contribution in [3.05, 3.63) is 72.8 Å². The first-order valence-corrected chi connectivity index (χ1v) is 11.5. The van der Waals surface area contributed by atoms with E-state index in [-0.39, 0.29) is 34.5 Å². The molecule has 11 heteroatoms. The van der Waals surface area contributed by atoms with E-state index in [0.717, 1.165) is 12.2 Å². The fourth-order valence-electron chi connectivity index (χ4n) is 2.88. The van der Waals surface area contributed by atoms with Crippen LogP contribution in [-0.4, -0.2) is 26.1 Å². The summed E-state index contributed by atoms with van der Waals surface area (Å²) in [5.74, 6) is 0. The molecule has 3 aromatic carbocycles. The molecule has 168 valence electrons. The minimum atomic E-state index is -4.48. The molecular formula is C23H21N6NaO3S. The first-order valence-electron chi connectivity index (χ1n) is 10.1. The third kappa shape index (κ3) is 8.13. The number of azo groups is 2. The number of benzene rings is 3. The maximum atomic E-state index is 11.0. The summed E-state index contributed by atoms with van der Waals surface area (Å²) in [4.78, 5) is 1.81. The van der Waals surface area contributed by atoms with E-state index in [1.807, 2.05) is 31.2 Å². The number of rotatable bonds is 9. The Hall–Kier alpha value is -2.94. The van der Waals surface area contributed by atoms with Crippen LogP contribution in [0.4, 0.5) is 28.4 Å². The topological polar surface area (TPSA) is 134 Å². The molecule has 34 heavy (non-hydrogen) atoms. The van der Waals surface area contributed by atoms with Crippen molar-refractivity contribution in [2.45, 2.75) is 18.2 Å². The third-order valence-corrected chi connectivity index (χ3v) is 5.48. The first kappa shape index (κ1) is 27.3. The molecule has 0 amide bonds. The van der Waals surface area contributed by atoms with Crippen LogP contribution in [0.1, 0.15) is 13.3 Å². The van der Waals surface area contributed by atoms with Crippen molar-refractivity contribution in [2.24, 2.45) is 20.5 Å². The molecule has 0 aliphatic rings. The molecule has 9 nitrogen and oxygen atoms in total. The van der Waals surface area contributed by atoms with Gasteiger partial charge in [0.2, 0.25) is 0 Å². The number of nitrogens with zero attached hydrogens (tertiary/aromatic N) is 6. The van der Waals surface area contributed by atoms with Gasteiger partial charge in [0, 0.05) is 18.8 Å². The van der Waals surface area contributed by atoms with E-state index in [0.29, 0.717) is 35.7 Å². The van der Waals surface area contributed by atoms with Gasteiger partial charge in [0.15, 0.2) is 0 Å². The summed E-state index contributed by atoms with van der Waals surface area (Å²) in [6.45, 7) is 3.55. The molecule has 0 aliphatic carbocycles. The summed E-state index contributed by atoms with van der Waals surface area (Å²) in [6, 6.07) is 22.0. The fraction of sp³-hybridized carbons (Fsp3) is 0.174. The van der Waals surface area contributed by atoms with Crippen molar-refractivity contribution in [2.75, 3.05) is 18.0 Å². The minimum Gasteiger partial charge on any atom is -0.744 e. The van der Waals surface area contributed by atoms with Gasteiger partial charge in [-0.2, -0.15) is 25.7 Å². The quantitative estimate of drug-likeness (QED) is 0.261. The normalized spacial score (nSPS) is 11.3. The van der Waals surface area contributed by atoms with Gasteiger partial charge in [-0.3, -0.25) is 0 Å². The van der Waals surface area contributed by atoms with Crippen LogP contribution in [0.25, 0.3) is 0 Å². The van der Waals surface area contributed by atoms with Gasteiger partial charge >= 0.3 is 29.6 Å². The minimum absolute atomic E-state index is 0. The van der Waals surface area contributed by atoms with Gasteiger partial charge in [0.25, 0.3) is 0 Å². The van der Waals surface area contributed by atoms with Crippen molar-refractivity contribution in [3.8, 4) is 6.07 Å². The van der Waals surface area contributed by atoms with Crippen LogP contribution in [0.2, 0.25) is 0 Å². The van der Waals surface area contributed by atoms with E-state index < -0.39 is 10.1 Å². The van der Waals surface area contributed by atoms with Gasteiger partial charge in [0.05, 0.1) is 40.1 Å². The predicted molar refractivity (Wildman–Crippen MR) is 124 cm³/mol. The summed E-state index contributed by atoms with van der Waals surface area (Å²) in [5, 5.41) is 25.3. The van der Waals surface area contributed by atoms with Gasteiger partial charge in [-0.25, -0.2) is 8.42 Å². The Morgan fingerprint density at radius 1 is 0.794 bits per heavy atom. The second kappa shape index (κ2) is 13.1. The van der Waals surface area contributed by atoms with Gasteiger partial charge in [-0.1, -0.05) is 0 Å². The molecule has 3 rings (SSSR count). The smallest absolute Gasteiger partial charge is 0.744 e. The van der Waals surface area contributed by atoms with Crippen LogP contribution in [-0.2, 0) is 10.1 Å². The van der Waals surface area contributed by atoms with Crippen LogP contribution in [0.5, 0.6) is 0 Å². The Balaban J connectivity index is 0.00000408. The molecule has 0 aliphatic heterocycles. The van der Waals surface area contributed by atoms with Gasteiger partial charge in [-0.15, -0.1) is 0 Å². The molecule has 0 atom stereocenters. The molecule has 0 spiro atoms. The summed E-state index contributed by atoms with van der Waals surface area (Å²) >= 11 is 0. The standard InChI is InChI=1S/C23H22N6O3S.Na/c1-2-29(17-3-16-24)22-12-8-20(9-13-22)27-25-18-4-6-19(7-5-18)26-28-21-10-14-23(15-11-21)33(30,31)32;/h4-15H,2-3,17H2,1H3,(H,30,31,32);/q;+1/p-1. The van der Waals surface area contributed by atoms with Gasteiger partial charge < -0.3 is 9.45 Å². The van der Waals surface area contributed by atoms with Crippen LogP contribution in [0, 0.1) is 11.3 Å². The molecule has 0 radical (unpaired) electrons. The molecule has 3 aromatic rings.